The zero-order valence-corrected chi connectivity index (χ0v) is 22.2. The van der Waals surface area contributed by atoms with Crippen molar-refractivity contribution in [3.05, 3.63) is 67.2 Å². The van der Waals surface area contributed by atoms with Gasteiger partial charge in [0.2, 0.25) is 5.91 Å². The van der Waals surface area contributed by atoms with Gasteiger partial charge >= 0.3 is 6.09 Å². The molecule has 1 fully saturated rings. The predicted octanol–water partition coefficient (Wildman–Crippen LogP) is 5.76. The van der Waals surface area contributed by atoms with E-state index in [4.69, 9.17) is 4.74 Å². The Bertz CT molecular complexity index is 972. The van der Waals surface area contributed by atoms with E-state index in [9.17, 15) is 9.59 Å². The van der Waals surface area contributed by atoms with Crippen molar-refractivity contribution in [2.75, 3.05) is 7.05 Å². The normalized spacial score (nSPS) is 19.1. The van der Waals surface area contributed by atoms with E-state index in [0.717, 1.165) is 24.7 Å². The van der Waals surface area contributed by atoms with E-state index in [1.165, 1.54) is 0 Å². The molecule has 0 spiro atoms. The van der Waals surface area contributed by atoms with Crippen LogP contribution in [0.3, 0.4) is 0 Å². The number of hydrogen-bond acceptors (Lipinski definition) is 3. The fourth-order valence-electron chi connectivity index (χ4n) is 4.04. The Morgan fingerprint density at radius 2 is 1.81 bits per heavy atom. The Morgan fingerprint density at radius 1 is 1.16 bits per heavy atom. The maximum atomic E-state index is 13.3. The van der Waals surface area contributed by atoms with Gasteiger partial charge in [-0.15, -0.1) is 0 Å². The zero-order chi connectivity index (χ0) is 22.9. The smallest absolute Gasteiger partial charge is 0.412 e. The minimum absolute atomic E-state index is 0.0640. The number of amides is 2. The monoisotopic (exact) mass is 598 g/mol. The van der Waals surface area contributed by atoms with Gasteiger partial charge < -0.3 is 9.64 Å². The molecule has 1 heterocycles. The van der Waals surface area contributed by atoms with Gasteiger partial charge in [0.1, 0.15) is 18.8 Å². The van der Waals surface area contributed by atoms with E-state index in [1.807, 2.05) is 70.2 Å². The molecular formula is C24H28BrIN2O3. The number of carbonyl (C=O) groups is 2. The van der Waals surface area contributed by atoms with Gasteiger partial charge in [-0.2, -0.15) is 0 Å². The zero-order valence-electron chi connectivity index (χ0n) is 18.5. The second kappa shape index (κ2) is 9.48. The molecule has 0 unspecified atom stereocenters. The average molecular weight is 599 g/mol. The molecule has 2 atom stereocenters. The van der Waals surface area contributed by atoms with Gasteiger partial charge in [-0.1, -0.05) is 72.6 Å². The molecular weight excluding hydrogens is 571 g/mol. The fraction of sp³-hybridized carbons (Fsp3) is 0.417. The summed E-state index contributed by atoms with van der Waals surface area (Å²) in [7, 11) is 1.77. The van der Waals surface area contributed by atoms with Gasteiger partial charge in [0, 0.05) is 26.9 Å². The second-order valence-corrected chi connectivity index (χ2v) is 11.2. The quantitative estimate of drug-likeness (QED) is 0.421. The van der Waals surface area contributed by atoms with Crippen LogP contribution >= 0.6 is 38.5 Å². The first-order chi connectivity index (χ1) is 14.5. The third-order valence-corrected chi connectivity index (χ3v) is 6.99. The highest BCUT2D eigenvalue weighted by Crippen LogP contribution is 2.36. The van der Waals surface area contributed by atoms with Crippen LogP contribution in [-0.2, 0) is 22.6 Å². The van der Waals surface area contributed by atoms with Crippen LogP contribution in [0.15, 0.2) is 46.9 Å². The summed E-state index contributed by atoms with van der Waals surface area (Å²) in [6.45, 7) is 8.30. The summed E-state index contributed by atoms with van der Waals surface area (Å²) in [5.74, 6) is -0.0640. The minimum atomic E-state index is -0.602. The third kappa shape index (κ3) is 5.42. The number of rotatable bonds is 4. The van der Waals surface area contributed by atoms with Crippen LogP contribution in [0.25, 0.3) is 0 Å². The van der Waals surface area contributed by atoms with Crippen molar-refractivity contribution in [3.8, 4) is 0 Å². The largest absolute Gasteiger partial charge is 0.444 e. The number of likely N-dealkylation sites (N-methyl/N-ethyl adjacent to an activating group) is 1. The lowest BCUT2D eigenvalue weighted by molar-refractivity contribution is -0.129. The van der Waals surface area contributed by atoms with E-state index in [2.05, 4.69) is 38.5 Å². The lowest BCUT2D eigenvalue weighted by atomic mass is 9.91. The number of aryl methyl sites for hydroxylation is 1. The topological polar surface area (TPSA) is 49.9 Å². The summed E-state index contributed by atoms with van der Waals surface area (Å²) in [5.41, 5.74) is 2.78. The summed E-state index contributed by atoms with van der Waals surface area (Å²) in [5, 5.41) is 0. The highest BCUT2D eigenvalue weighted by atomic mass is 127. The van der Waals surface area contributed by atoms with Gasteiger partial charge in [-0.3, -0.25) is 9.69 Å². The molecule has 3 rings (SSSR count). The summed E-state index contributed by atoms with van der Waals surface area (Å²) < 4.78 is 7.72. The number of ether oxygens (including phenoxy) is 1. The van der Waals surface area contributed by atoms with Crippen LogP contribution in [0, 0.1) is 15.9 Å². The van der Waals surface area contributed by atoms with Crippen LogP contribution < -0.4 is 0 Å². The first-order valence-corrected chi connectivity index (χ1v) is 12.1. The molecule has 5 nitrogen and oxygen atoms in total. The van der Waals surface area contributed by atoms with Crippen molar-refractivity contribution in [1.82, 2.24) is 9.80 Å². The fourth-order valence-corrected chi connectivity index (χ4v) is 5.57. The molecule has 0 aromatic heterocycles. The molecule has 166 valence electrons. The van der Waals surface area contributed by atoms with Gasteiger partial charge in [0.05, 0.1) is 0 Å². The SMILES string of the molecule is Cc1ccc(COC(=O)N2[C@@H](Cc3ccc(Br)cc3I)C(=O)N(C)[C@@H]2C(C)(C)C)cc1. The molecule has 1 saturated heterocycles. The van der Waals surface area contributed by atoms with Crippen molar-refractivity contribution in [2.24, 2.45) is 5.41 Å². The van der Waals surface area contributed by atoms with Crippen molar-refractivity contribution < 1.29 is 14.3 Å². The van der Waals surface area contributed by atoms with E-state index in [-0.39, 0.29) is 24.1 Å². The van der Waals surface area contributed by atoms with Crippen LogP contribution in [0.1, 0.15) is 37.5 Å². The Balaban J connectivity index is 1.88. The summed E-state index contributed by atoms with van der Waals surface area (Å²) >= 11 is 5.75. The molecule has 2 amide bonds. The molecule has 31 heavy (non-hydrogen) atoms. The Kier molecular flexibility index (Phi) is 7.35. The molecule has 0 aliphatic carbocycles. The van der Waals surface area contributed by atoms with Crippen molar-refractivity contribution in [3.63, 3.8) is 0 Å². The van der Waals surface area contributed by atoms with Gasteiger partial charge in [-0.05, 0) is 52.8 Å². The maximum absolute atomic E-state index is 13.3. The van der Waals surface area contributed by atoms with E-state index < -0.39 is 12.1 Å². The molecule has 1 aliphatic rings. The van der Waals surface area contributed by atoms with Crippen LogP contribution in [0.2, 0.25) is 0 Å². The second-order valence-electron chi connectivity index (χ2n) is 9.09. The minimum Gasteiger partial charge on any atom is -0.444 e. The number of nitrogens with zero attached hydrogens (tertiary/aromatic N) is 2. The van der Waals surface area contributed by atoms with Gasteiger partial charge in [0.25, 0.3) is 0 Å². The van der Waals surface area contributed by atoms with E-state index >= 15 is 0 Å². The standard InChI is InChI=1S/C24H28BrIN2O3/c1-15-6-8-16(9-7-15)14-31-23(30)28-20(12-17-10-11-18(25)13-19(17)26)21(29)27(5)22(28)24(2,3)4/h6-11,13,20,22H,12,14H2,1-5H3/t20-,22-/m0/s1. The maximum Gasteiger partial charge on any atom is 0.412 e. The number of benzene rings is 2. The first kappa shape index (κ1) is 24.0. The molecule has 0 bridgehead atoms. The summed E-state index contributed by atoms with van der Waals surface area (Å²) in [6.07, 6.45) is -0.403. The van der Waals surface area contributed by atoms with Crippen LogP contribution in [0.4, 0.5) is 4.79 Å². The Labute approximate surface area is 206 Å². The number of halogens is 2. The first-order valence-electron chi connectivity index (χ1n) is 10.2. The highest BCUT2D eigenvalue weighted by Gasteiger charge is 2.52. The molecule has 1 aliphatic heterocycles. The molecule has 2 aromatic rings. The van der Waals surface area contributed by atoms with E-state index in [0.29, 0.717) is 6.42 Å². The molecule has 7 heteroatoms. The Hall–Kier alpha value is -1.61. The number of carbonyl (C=O) groups excluding carboxylic acids is 2. The lowest BCUT2D eigenvalue weighted by Crippen LogP contribution is -2.51. The van der Waals surface area contributed by atoms with Gasteiger partial charge in [0.15, 0.2) is 0 Å². The average Bonchev–Trinajstić information content (AvgIpc) is 2.94. The van der Waals surface area contributed by atoms with Crippen LogP contribution in [0.5, 0.6) is 0 Å². The number of hydrogen-bond donors (Lipinski definition) is 0. The summed E-state index contributed by atoms with van der Waals surface area (Å²) in [4.78, 5) is 29.8. The molecule has 0 radical (unpaired) electrons. The van der Waals surface area contributed by atoms with Crippen molar-refractivity contribution in [2.45, 2.75) is 52.9 Å². The molecule has 0 N–H and O–H groups in total. The van der Waals surface area contributed by atoms with Crippen molar-refractivity contribution in [1.29, 1.82) is 0 Å². The predicted molar refractivity (Wildman–Crippen MR) is 134 cm³/mol. The third-order valence-electron chi connectivity index (χ3n) is 5.50. The molecule has 0 saturated carbocycles. The lowest BCUT2D eigenvalue weighted by Gasteiger charge is -2.38. The van der Waals surface area contributed by atoms with E-state index in [1.54, 1.807) is 16.8 Å². The molecule has 2 aromatic carbocycles. The van der Waals surface area contributed by atoms with Gasteiger partial charge in [-0.25, -0.2) is 4.79 Å². The highest BCUT2D eigenvalue weighted by molar-refractivity contribution is 14.1. The summed E-state index contributed by atoms with van der Waals surface area (Å²) in [6, 6.07) is 13.3. The Morgan fingerprint density at radius 3 is 2.39 bits per heavy atom. The van der Waals surface area contributed by atoms with Crippen LogP contribution in [-0.4, -0.2) is 41.1 Å². The van der Waals surface area contributed by atoms with Crippen molar-refractivity contribution >= 4 is 50.5 Å².